The molecule has 0 atom stereocenters. The lowest BCUT2D eigenvalue weighted by Gasteiger charge is -2.46. The van der Waals surface area contributed by atoms with Crippen LogP contribution in [0.3, 0.4) is 0 Å². The minimum absolute atomic E-state index is 0.269. The summed E-state index contributed by atoms with van der Waals surface area (Å²) in [5, 5.41) is 18.5. The SMILES string of the molecule is CCCCCCCCCCCCCCCCCCC(C[n+]1ccncc1)=C(C#N)C#N.FC(F)(F)c1cc([B-](c2cc(C(F)(F)F)cc(C(F)(F)F)c2)(c2cc(C(F)(F)F)cc(C(F)(F)F)c2)c2cc(C(F)(F)F)cc(C(F)(F)F)c2)cc(C(F)(F)F)c1. The Morgan fingerprint density at radius 1 is 0.352 bits per heavy atom. The number of nitrogens with zero attached hydrogens (tertiary/aromatic N) is 4. The van der Waals surface area contributed by atoms with Gasteiger partial charge in [-0.25, -0.2) is 0 Å². The van der Waals surface area contributed by atoms with Gasteiger partial charge >= 0.3 is 49.4 Å². The van der Waals surface area contributed by atoms with E-state index < -0.39 is 195 Å². The predicted molar refractivity (Wildman–Crippen MR) is 277 cm³/mol. The quantitative estimate of drug-likeness (QED) is 0.0215. The van der Waals surface area contributed by atoms with Gasteiger partial charge in [0.1, 0.15) is 23.9 Å². The Balaban J connectivity index is 0.000000451. The molecule has 1 heterocycles. The molecule has 4 nitrogen and oxygen atoms in total. The first-order valence-corrected chi connectivity index (χ1v) is 27.2. The summed E-state index contributed by atoms with van der Waals surface area (Å²) >= 11 is 0. The topological polar surface area (TPSA) is 64.3 Å². The van der Waals surface area contributed by atoms with Gasteiger partial charge in [-0.1, -0.05) is 152 Å². The van der Waals surface area contributed by atoms with E-state index in [0.717, 1.165) is 18.4 Å². The molecule has 0 saturated heterocycles. The maximum absolute atomic E-state index is 14.2. The monoisotopic (exact) mass is 1290 g/mol. The molecule has 1 aromatic heterocycles. The van der Waals surface area contributed by atoms with E-state index in [1.165, 1.54) is 96.3 Å². The summed E-state index contributed by atoms with van der Waals surface area (Å²) in [5.41, 5.74) is -29.0. The smallest absolute Gasteiger partial charge is 0.252 e. The van der Waals surface area contributed by atoms with Crippen LogP contribution < -0.4 is 26.4 Å². The van der Waals surface area contributed by atoms with E-state index >= 15 is 0 Å². The molecule has 0 aliphatic rings. The van der Waals surface area contributed by atoms with Gasteiger partial charge in [-0.05, 0) is 37.1 Å². The third kappa shape index (κ3) is 21.1. The van der Waals surface area contributed by atoms with Crippen molar-refractivity contribution >= 4 is 28.0 Å². The van der Waals surface area contributed by atoms with Crippen molar-refractivity contribution in [3.63, 3.8) is 0 Å². The number of unbranched alkanes of at least 4 members (excludes halogenated alkanes) is 15. The van der Waals surface area contributed by atoms with Crippen LogP contribution in [0.1, 0.15) is 161 Å². The number of hydrogen-bond acceptors (Lipinski definition) is 3. The fraction of sp³-hybridized carbons (Fsp3) is 0.458. The molecule has 0 aliphatic heterocycles. The molecule has 4 aromatic carbocycles. The molecule has 5 aromatic rings. The van der Waals surface area contributed by atoms with Crippen molar-refractivity contribution < 1.29 is 110 Å². The number of benzene rings is 4. The maximum Gasteiger partial charge on any atom is 0.416 e. The zero-order valence-electron chi connectivity index (χ0n) is 46.4. The predicted octanol–water partition coefficient (Wildman–Crippen LogP) is 18.6. The lowest BCUT2D eigenvalue weighted by atomic mass is 9.12. The highest BCUT2D eigenvalue weighted by Crippen LogP contribution is 2.42. The Labute approximate surface area is 489 Å². The first-order chi connectivity index (χ1) is 40.6. The Morgan fingerprint density at radius 2 is 0.568 bits per heavy atom. The summed E-state index contributed by atoms with van der Waals surface area (Å²) in [6.07, 6.45) is -25.2. The summed E-state index contributed by atoms with van der Waals surface area (Å²) in [5.74, 6) is 0. The molecule has 0 bridgehead atoms. The van der Waals surface area contributed by atoms with Gasteiger partial charge in [0.2, 0.25) is 0 Å². The number of nitriles is 2. The van der Waals surface area contributed by atoms with Crippen LogP contribution in [-0.4, -0.2) is 11.1 Å². The summed E-state index contributed by atoms with van der Waals surface area (Å²) in [6.45, 7) is 2.87. The molecule has 88 heavy (non-hydrogen) atoms. The standard InChI is InChI=1S/C32H12BF24.C27H43N4/c34-25(35,36)13-1-14(26(37,38)39)6-21(5-13)33(22-7-15(27(40,41)42)2-16(8-22)28(43,44)45,23-9-17(29(46,47)48)3-18(10-23)30(49,50)51)24-11-19(31(52,53)54)4-20(12-24)32(55,56)57;1-2-3-4-5-6-7-8-9-10-11-12-13-14-15-16-17-18-26(27(23-28)24-29)25-31-21-19-30-20-22-31/h1-12H;19-22H,2-18,25H2,1H3/q-1;+1. The fourth-order valence-electron chi connectivity index (χ4n) is 10.1. The molecule has 0 N–H and O–H groups in total. The molecule has 0 aliphatic carbocycles. The third-order valence-corrected chi connectivity index (χ3v) is 14.4. The van der Waals surface area contributed by atoms with Crippen molar-refractivity contribution in [3.8, 4) is 12.1 Å². The van der Waals surface area contributed by atoms with Crippen molar-refractivity contribution in [1.82, 2.24) is 4.98 Å². The lowest BCUT2D eigenvalue weighted by Crippen LogP contribution is -2.75. The highest BCUT2D eigenvalue weighted by atomic mass is 19.4. The summed E-state index contributed by atoms with van der Waals surface area (Å²) in [7, 11) is 0. The van der Waals surface area contributed by atoms with E-state index in [0.29, 0.717) is 6.54 Å². The van der Waals surface area contributed by atoms with E-state index in [9.17, 15) is 116 Å². The normalized spacial score (nSPS) is 12.9. The van der Waals surface area contributed by atoms with Crippen molar-refractivity contribution in [2.24, 2.45) is 0 Å². The highest BCUT2D eigenvalue weighted by molar-refractivity contribution is 7.20. The van der Waals surface area contributed by atoms with Crippen LogP contribution in [0.5, 0.6) is 0 Å². The summed E-state index contributed by atoms with van der Waals surface area (Å²) in [6, 6.07) is -4.68. The van der Waals surface area contributed by atoms with Crippen molar-refractivity contribution in [1.29, 1.82) is 10.5 Å². The molecule has 0 amide bonds. The van der Waals surface area contributed by atoms with Gasteiger partial charge in [0.15, 0.2) is 18.9 Å². The average Bonchev–Trinajstić information content (AvgIpc) is 0.725. The summed E-state index contributed by atoms with van der Waals surface area (Å²) in [4.78, 5) is 4.02. The number of alkyl halides is 24. The molecule has 0 saturated carbocycles. The number of rotatable bonds is 23. The van der Waals surface area contributed by atoms with E-state index in [1.807, 2.05) is 17.0 Å². The number of halogens is 24. The van der Waals surface area contributed by atoms with Crippen molar-refractivity contribution in [2.75, 3.05) is 0 Å². The van der Waals surface area contributed by atoms with Crippen LogP contribution in [-0.2, 0) is 56.0 Å². The second-order valence-electron chi connectivity index (χ2n) is 20.9. The molecule has 0 radical (unpaired) electrons. The molecule has 29 heteroatoms. The average molecular weight is 1290 g/mol. The van der Waals surface area contributed by atoms with E-state index in [-0.39, 0.29) is 5.57 Å². The third-order valence-electron chi connectivity index (χ3n) is 14.4. The van der Waals surface area contributed by atoms with Gasteiger partial charge in [-0.2, -0.15) is 142 Å². The molecular weight excluding hydrogens is 1230 g/mol. The summed E-state index contributed by atoms with van der Waals surface area (Å²) < 4.78 is 343. The van der Waals surface area contributed by atoms with Gasteiger partial charge in [-0.3, -0.25) is 4.98 Å². The number of hydrogen-bond donors (Lipinski definition) is 0. The molecular formula is C59H55BF24N4. The van der Waals surface area contributed by atoms with Gasteiger partial charge in [0.05, 0.1) is 56.9 Å². The van der Waals surface area contributed by atoms with Crippen LogP contribution in [0.15, 0.2) is 109 Å². The van der Waals surface area contributed by atoms with E-state index in [4.69, 9.17) is 0 Å². The van der Waals surface area contributed by atoms with Crippen LogP contribution >= 0.6 is 0 Å². The molecule has 482 valence electrons. The van der Waals surface area contributed by atoms with Gasteiger partial charge in [0.25, 0.3) is 0 Å². The van der Waals surface area contributed by atoms with E-state index in [2.05, 4.69) is 24.0 Å². The lowest BCUT2D eigenvalue weighted by molar-refractivity contribution is -0.689. The number of aromatic nitrogens is 2. The Hall–Kier alpha value is -6.94. The molecule has 0 spiro atoms. The first-order valence-electron chi connectivity index (χ1n) is 27.2. The second-order valence-corrected chi connectivity index (χ2v) is 20.9. The van der Waals surface area contributed by atoms with Crippen LogP contribution in [0.25, 0.3) is 0 Å². The Morgan fingerprint density at radius 3 is 0.773 bits per heavy atom. The van der Waals surface area contributed by atoms with E-state index in [1.54, 1.807) is 12.4 Å². The Bertz CT molecular complexity index is 2740. The van der Waals surface area contributed by atoms with Crippen molar-refractivity contribution in [3.05, 3.63) is 153 Å². The fourth-order valence-corrected chi connectivity index (χ4v) is 10.1. The Kier molecular flexibility index (Phi) is 25.1. The highest BCUT2D eigenvalue weighted by Gasteiger charge is 2.47. The largest absolute Gasteiger partial charge is 0.416 e. The molecule has 5 rings (SSSR count). The zero-order chi connectivity index (χ0) is 66.3. The zero-order valence-corrected chi connectivity index (χ0v) is 46.4. The van der Waals surface area contributed by atoms with Crippen LogP contribution in [0.4, 0.5) is 105 Å². The minimum Gasteiger partial charge on any atom is -0.252 e. The minimum atomic E-state index is -6.13. The van der Waals surface area contributed by atoms with Crippen LogP contribution in [0.2, 0.25) is 0 Å². The van der Waals surface area contributed by atoms with Crippen molar-refractivity contribution in [2.45, 2.75) is 172 Å². The first kappa shape index (κ1) is 73.5. The maximum atomic E-state index is 14.2. The van der Waals surface area contributed by atoms with Gasteiger partial charge < -0.3 is 0 Å². The molecule has 0 unspecified atom stereocenters. The second kappa shape index (κ2) is 30.0. The molecule has 0 fully saturated rings. The number of allylic oxidation sites excluding steroid dienone is 2. The van der Waals surface area contributed by atoms with Crippen LogP contribution in [0, 0.1) is 22.7 Å². The van der Waals surface area contributed by atoms with Gasteiger partial charge in [-0.15, -0.1) is 0 Å². The van der Waals surface area contributed by atoms with Gasteiger partial charge in [0, 0.05) is 5.57 Å².